The van der Waals surface area contributed by atoms with Crippen molar-refractivity contribution in [3.8, 4) is 11.1 Å². The largest absolute Gasteiger partial charge is 0.478 e. The van der Waals surface area contributed by atoms with Crippen LogP contribution < -0.4 is 5.32 Å². The number of benzene rings is 3. The molecule has 0 radical (unpaired) electrons. The number of aliphatic hydroxyl groups excluding tert-OH is 1. The Bertz CT molecular complexity index is 1030. The Morgan fingerprint density at radius 1 is 1.07 bits per heavy atom. The molecule has 0 saturated heterocycles. The second-order valence-electron chi connectivity index (χ2n) is 7.42. The molecule has 4 nitrogen and oxygen atoms in total. The first kappa shape index (κ1) is 22.0. The highest BCUT2D eigenvalue weighted by atomic mass is 35.5. The Labute approximate surface area is 182 Å². The Morgan fingerprint density at radius 2 is 1.80 bits per heavy atom. The molecule has 0 aliphatic rings. The summed E-state index contributed by atoms with van der Waals surface area (Å²) in [6, 6.07) is 18.9. The summed E-state index contributed by atoms with van der Waals surface area (Å²) < 4.78 is 0. The van der Waals surface area contributed by atoms with Crippen LogP contribution in [0.4, 0.5) is 0 Å². The van der Waals surface area contributed by atoms with Crippen LogP contribution in [0.3, 0.4) is 0 Å². The maximum atomic E-state index is 11.9. The summed E-state index contributed by atoms with van der Waals surface area (Å²) in [5, 5.41) is 23.9. The number of carbonyl (C=O) groups is 1. The number of halogens is 1. The van der Waals surface area contributed by atoms with Crippen LogP contribution in [-0.4, -0.2) is 29.3 Å². The molecule has 0 aromatic heterocycles. The monoisotopic (exact) mass is 423 g/mol. The first-order valence-corrected chi connectivity index (χ1v) is 10.3. The van der Waals surface area contributed by atoms with Gasteiger partial charge in [-0.2, -0.15) is 0 Å². The molecule has 0 bridgehead atoms. The van der Waals surface area contributed by atoms with Crippen LogP contribution in [0.5, 0.6) is 0 Å². The lowest BCUT2D eigenvalue weighted by molar-refractivity contribution is 0.0695. The number of aliphatic hydroxyl groups is 1. The molecule has 30 heavy (non-hydrogen) atoms. The summed E-state index contributed by atoms with van der Waals surface area (Å²) in [5.41, 5.74) is 5.99. The molecule has 5 heteroatoms. The molecule has 3 aromatic rings. The van der Waals surface area contributed by atoms with E-state index in [0.717, 1.165) is 33.4 Å². The van der Waals surface area contributed by atoms with Crippen molar-refractivity contribution in [2.75, 3.05) is 13.1 Å². The number of hydrogen-bond acceptors (Lipinski definition) is 3. The van der Waals surface area contributed by atoms with Crippen LogP contribution in [0.25, 0.3) is 11.1 Å². The lowest BCUT2D eigenvalue weighted by atomic mass is 9.87. The van der Waals surface area contributed by atoms with Crippen LogP contribution in [-0.2, 0) is 6.42 Å². The van der Waals surface area contributed by atoms with Gasteiger partial charge in [-0.05, 0) is 78.4 Å². The van der Waals surface area contributed by atoms with E-state index in [9.17, 15) is 15.0 Å². The van der Waals surface area contributed by atoms with E-state index in [-0.39, 0.29) is 0 Å². The Morgan fingerprint density at radius 3 is 2.47 bits per heavy atom. The summed E-state index contributed by atoms with van der Waals surface area (Å²) in [5.74, 6) is -0.922. The summed E-state index contributed by atoms with van der Waals surface area (Å²) in [6.07, 6.45) is -0.128. The van der Waals surface area contributed by atoms with E-state index in [1.54, 1.807) is 24.3 Å². The van der Waals surface area contributed by atoms with Crippen molar-refractivity contribution in [3.05, 3.63) is 93.5 Å². The third-order valence-electron chi connectivity index (χ3n) is 5.32. The Balaban J connectivity index is 1.77. The standard InChI is InChI=1S/C25H26ClNO3/c1-16-13-22(25(29)30)21(17(2)24(16)18-7-4-3-5-8-18)11-12-27-15-23(28)19-9-6-10-20(26)14-19/h3-10,13-14,23,27-28H,11-12,15H2,1-2H3,(H,29,30)/t23-/m0/s1. The molecule has 0 spiro atoms. The Kier molecular flexibility index (Phi) is 7.27. The molecule has 0 aliphatic heterocycles. The van der Waals surface area contributed by atoms with Gasteiger partial charge in [0.1, 0.15) is 0 Å². The van der Waals surface area contributed by atoms with E-state index in [1.807, 2.05) is 50.2 Å². The highest BCUT2D eigenvalue weighted by Crippen LogP contribution is 2.32. The summed E-state index contributed by atoms with van der Waals surface area (Å²) in [4.78, 5) is 11.9. The normalized spacial score (nSPS) is 12.0. The third kappa shape index (κ3) is 5.08. The fourth-order valence-electron chi connectivity index (χ4n) is 3.87. The van der Waals surface area contributed by atoms with Gasteiger partial charge in [0, 0.05) is 11.6 Å². The van der Waals surface area contributed by atoms with Crippen molar-refractivity contribution in [2.45, 2.75) is 26.4 Å². The number of aryl methyl sites for hydroxylation is 1. The van der Waals surface area contributed by atoms with Crippen molar-refractivity contribution in [2.24, 2.45) is 0 Å². The molecule has 0 fully saturated rings. The smallest absolute Gasteiger partial charge is 0.335 e. The van der Waals surface area contributed by atoms with Crippen molar-refractivity contribution in [1.82, 2.24) is 5.32 Å². The molecule has 0 saturated carbocycles. The van der Waals surface area contributed by atoms with E-state index in [4.69, 9.17) is 11.6 Å². The van der Waals surface area contributed by atoms with Gasteiger partial charge in [0.2, 0.25) is 0 Å². The van der Waals surface area contributed by atoms with Gasteiger partial charge in [0.15, 0.2) is 0 Å². The summed E-state index contributed by atoms with van der Waals surface area (Å²) >= 11 is 5.99. The van der Waals surface area contributed by atoms with E-state index >= 15 is 0 Å². The number of aromatic carboxylic acids is 1. The summed E-state index contributed by atoms with van der Waals surface area (Å²) in [6.45, 7) is 4.85. The Hall–Kier alpha value is -2.66. The molecular weight excluding hydrogens is 398 g/mol. The van der Waals surface area contributed by atoms with Crippen LogP contribution in [0.2, 0.25) is 5.02 Å². The van der Waals surface area contributed by atoms with E-state index in [1.165, 1.54) is 0 Å². The minimum absolute atomic E-state index is 0.335. The lowest BCUT2D eigenvalue weighted by Gasteiger charge is -2.18. The highest BCUT2D eigenvalue weighted by Gasteiger charge is 2.18. The minimum Gasteiger partial charge on any atom is -0.478 e. The highest BCUT2D eigenvalue weighted by molar-refractivity contribution is 6.30. The summed E-state index contributed by atoms with van der Waals surface area (Å²) in [7, 11) is 0. The first-order chi connectivity index (χ1) is 14.4. The first-order valence-electron chi connectivity index (χ1n) is 9.94. The number of hydrogen-bond donors (Lipinski definition) is 3. The molecule has 3 N–H and O–H groups in total. The van der Waals surface area contributed by atoms with Crippen LogP contribution >= 0.6 is 11.6 Å². The molecule has 0 heterocycles. The zero-order chi connectivity index (χ0) is 21.7. The quantitative estimate of drug-likeness (QED) is 0.436. The van der Waals surface area contributed by atoms with Gasteiger partial charge in [-0.25, -0.2) is 4.79 Å². The average molecular weight is 424 g/mol. The molecule has 156 valence electrons. The molecule has 1 atom stereocenters. The molecule has 3 rings (SSSR count). The van der Waals surface area contributed by atoms with Gasteiger partial charge in [-0.1, -0.05) is 54.1 Å². The number of nitrogens with one attached hydrogen (secondary N) is 1. The topological polar surface area (TPSA) is 69.6 Å². The van der Waals surface area contributed by atoms with Crippen LogP contribution in [0.1, 0.15) is 38.7 Å². The number of carboxylic acids is 1. The molecule has 3 aromatic carbocycles. The lowest BCUT2D eigenvalue weighted by Crippen LogP contribution is -2.24. The molecule has 0 aliphatic carbocycles. The van der Waals surface area contributed by atoms with Gasteiger partial charge in [0.05, 0.1) is 11.7 Å². The van der Waals surface area contributed by atoms with Crippen molar-refractivity contribution in [1.29, 1.82) is 0 Å². The fraction of sp³-hybridized carbons (Fsp3) is 0.240. The zero-order valence-corrected chi connectivity index (χ0v) is 17.9. The fourth-order valence-corrected chi connectivity index (χ4v) is 4.07. The van der Waals surface area contributed by atoms with E-state index in [0.29, 0.717) is 30.1 Å². The van der Waals surface area contributed by atoms with Crippen LogP contribution in [0, 0.1) is 13.8 Å². The average Bonchev–Trinajstić information content (AvgIpc) is 2.72. The van der Waals surface area contributed by atoms with E-state index < -0.39 is 12.1 Å². The number of rotatable bonds is 8. The van der Waals surface area contributed by atoms with Crippen molar-refractivity contribution < 1.29 is 15.0 Å². The molecule has 0 amide bonds. The molecular formula is C25H26ClNO3. The maximum absolute atomic E-state index is 11.9. The minimum atomic E-state index is -0.922. The molecule has 0 unspecified atom stereocenters. The van der Waals surface area contributed by atoms with Crippen LogP contribution in [0.15, 0.2) is 60.7 Å². The second kappa shape index (κ2) is 9.90. The van der Waals surface area contributed by atoms with Gasteiger partial charge in [-0.15, -0.1) is 0 Å². The van der Waals surface area contributed by atoms with Gasteiger partial charge in [-0.3, -0.25) is 0 Å². The number of carboxylic acid groups (broad SMARTS) is 1. The van der Waals surface area contributed by atoms with Gasteiger partial charge in [0.25, 0.3) is 0 Å². The van der Waals surface area contributed by atoms with Crippen molar-refractivity contribution >= 4 is 17.6 Å². The maximum Gasteiger partial charge on any atom is 0.335 e. The zero-order valence-electron chi connectivity index (χ0n) is 17.2. The SMILES string of the molecule is Cc1cc(C(=O)O)c(CCNC[C@H](O)c2cccc(Cl)c2)c(C)c1-c1ccccc1. The van der Waals surface area contributed by atoms with Gasteiger partial charge >= 0.3 is 5.97 Å². The third-order valence-corrected chi connectivity index (χ3v) is 5.56. The second-order valence-corrected chi connectivity index (χ2v) is 7.85. The van der Waals surface area contributed by atoms with Gasteiger partial charge < -0.3 is 15.5 Å². The van der Waals surface area contributed by atoms with E-state index in [2.05, 4.69) is 5.32 Å². The van der Waals surface area contributed by atoms with Crippen molar-refractivity contribution in [3.63, 3.8) is 0 Å². The predicted molar refractivity (Wildman–Crippen MR) is 121 cm³/mol. The predicted octanol–water partition coefficient (Wildman–Crippen LogP) is 5.19.